The summed E-state index contributed by atoms with van der Waals surface area (Å²) in [4.78, 5) is 8.76. The van der Waals surface area contributed by atoms with Crippen molar-refractivity contribution in [2.24, 2.45) is 5.92 Å². The molecule has 1 saturated heterocycles. The van der Waals surface area contributed by atoms with Crippen LogP contribution in [-0.2, 0) is 9.78 Å². The van der Waals surface area contributed by atoms with Crippen molar-refractivity contribution in [2.75, 3.05) is 0 Å². The van der Waals surface area contributed by atoms with Gasteiger partial charge in [-0.2, -0.15) is 0 Å². The van der Waals surface area contributed by atoms with Crippen molar-refractivity contribution in [1.82, 2.24) is 0 Å². The van der Waals surface area contributed by atoms with E-state index in [1.165, 1.54) is 0 Å². The predicted molar refractivity (Wildman–Crippen MR) is 25.1 cm³/mol. The predicted octanol–water partition coefficient (Wildman–Crippen LogP) is 1.45. The van der Waals surface area contributed by atoms with E-state index in [0.717, 1.165) is 0 Å². The van der Waals surface area contributed by atoms with Crippen LogP contribution in [0.15, 0.2) is 12.0 Å². The maximum atomic E-state index is 4.38. The van der Waals surface area contributed by atoms with Gasteiger partial charge in [0.2, 0.25) is 0 Å². The van der Waals surface area contributed by atoms with Gasteiger partial charge < -0.3 is 0 Å². The summed E-state index contributed by atoms with van der Waals surface area (Å²) in [5.41, 5.74) is 0. The van der Waals surface area contributed by atoms with E-state index >= 15 is 0 Å². The lowest BCUT2D eigenvalue weighted by molar-refractivity contribution is 0.0850. The van der Waals surface area contributed by atoms with Crippen LogP contribution in [0.3, 0.4) is 0 Å². The van der Waals surface area contributed by atoms with E-state index < -0.39 is 0 Å². The van der Waals surface area contributed by atoms with E-state index in [0.29, 0.717) is 11.9 Å². The summed E-state index contributed by atoms with van der Waals surface area (Å²) < 4.78 is 0. The Bertz CT molecular complexity index is 88.3. The zero-order chi connectivity index (χ0) is 5.28. The highest BCUT2D eigenvalue weighted by molar-refractivity contribution is 4.89. The average molecular weight is 100 g/mol. The van der Waals surface area contributed by atoms with Gasteiger partial charge in [0.25, 0.3) is 0 Å². The molecule has 0 bridgehead atoms. The van der Waals surface area contributed by atoms with Crippen molar-refractivity contribution in [1.29, 1.82) is 0 Å². The van der Waals surface area contributed by atoms with Crippen LogP contribution >= 0.6 is 0 Å². The van der Waals surface area contributed by atoms with Gasteiger partial charge >= 0.3 is 5.95 Å². The van der Waals surface area contributed by atoms with E-state index in [2.05, 4.69) is 23.6 Å². The highest BCUT2D eigenvalue weighted by atomic mass is 17.4. The summed E-state index contributed by atoms with van der Waals surface area (Å²) in [6.07, 6.45) is 1.92. The lowest BCUT2D eigenvalue weighted by Gasteiger charge is -1.83. The molecule has 2 heteroatoms. The highest BCUT2D eigenvalue weighted by Crippen LogP contribution is 2.18. The molecule has 40 valence electrons. The van der Waals surface area contributed by atoms with E-state index in [1.54, 1.807) is 0 Å². The van der Waals surface area contributed by atoms with Crippen molar-refractivity contribution >= 4 is 0 Å². The topological polar surface area (TPSA) is 25.1 Å². The Hall–Kier alpha value is -0.660. The van der Waals surface area contributed by atoms with Crippen LogP contribution < -0.4 is 0 Å². The van der Waals surface area contributed by atoms with Crippen LogP contribution in [0.5, 0.6) is 0 Å². The van der Waals surface area contributed by atoms with Gasteiger partial charge in [0.05, 0.1) is 0 Å². The number of rotatable bonds is 1. The van der Waals surface area contributed by atoms with Gasteiger partial charge in [-0.3, -0.25) is 0 Å². The summed E-state index contributed by atoms with van der Waals surface area (Å²) in [5.74, 6) is 1.19. The third-order valence-corrected chi connectivity index (χ3v) is 0.649. The Kier molecular flexibility index (Phi) is 0.929. The quantitative estimate of drug-likeness (QED) is 0.368. The average Bonchev–Trinajstić information content (AvgIpc) is 2.17. The maximum absolute atomic E-state index is 4.38. The molecule has 0 N–H and O–H groups in total. The van der Waals surface area contributed by atoms with Crippen LogP contribution in [0.1, 0.15) is 13.8 Å². The molecule has 0 aromatic carbocycles. The molecule has 0 saturated carbocycles. The fourth-order valence-corrected chi connectivity index (χ4v) is 0.352. The third kappa shape index (κ3) is 1.48. The van der Waals surface area contributed by atoms with Crippen LogP contribution in [0.2, 0.25) is 0 Å². The van der Waals surface area contributed by atoms with Gasteiger partial charge in [-0.25, -0.2) is 9.78 Å². The molecule has 1 rings (SSSR count). The minimum Gasteiger partial charge on any atom is -0.243 e. The molecule has 1 aliphatic rings. The lowest BCUT2D eigenvalue weighted by Crippen LogP contribution is -1.74. The fraction of sp³-hybridized carbons (Fsp3) is 0.600. The number of hydrogen-bond donors (Lipinski definition) is 0. The first kappa shape index (κ1) is 4.50. The molecule has 0 radical (unpaired) electrons. The Balaban J connectivity index is 2.30. The van der Waals surface area contributed by atoms with Gasteiger partial charge in [0.15, 0.2) is 0 Å². The van der Waals surface area contributed by atoms with Gasteiger partial charge in [0, 0.05) is 6.08 Å². The Morgan fingerprint density at radius 3 is 2.14 bits per heavy atom. The van der Waals surface area contributed by atoms with E-state index in [-0.39, 0.29) is 0 Å². The smallest absolute Gasteiger partial charge is 0.243 e. The zero-order valence-corrected chi connectivity index (χ0v) is 4.47. The molecule has 2 nitrogen and oxygen atoms in total. The van der Waals surface area contributed by atoms with Crippen molar-refractivity contribution in [3.63, 3.8) is 0 Å². The molecule has 1 fully saturated rings. The molecule has 0 aliphatic carbocycles. The zero-order valence-electron chi connectivity index (χ0n) is 4.47. The lowest BCUT2D eigenvalue weighted by atomic mass is 10.2. The fourth-order valence-electron chi connectivity index (χ4n) is 0.352. The maximum Gasteiger partial charge on any atom is 0.375 e. The first-order valence-electron chi connectivity index (χ1n) is 2.35. The summed E-state index contributed by atoms with van der Waals surface area (Å²) in [5, 5.41) is 0. The second-order valence-corrected chi connectivity index (χ2v) is 1.90. The standard InChI is InChI=1S/C5H8O2/c1-4(2)3-5-6-7-5/h3-4H,1-2H3. The van der Waals surface area contributed by atoms with Gasteiger partial charge in [-0.05, 0) is 5.92 Å². The molecule has 7 heavy (non-hydrogen) atoms. The molecular weight excluding hydrogens is 92.1 g/mol. The van der Waals surface area contributed by atoms with Gasteiger partial charge in [-0.15, -0.1) is 0 Å². The van der Waals surface area contributed by atoms with Crippen molar-refractivity contribution < 1.29 is 9.78 Å². The van der Waals surface area contributed by atoms with E-state index in [9.17, 15) is 0 Å². The van der Waals surface area contributed by atoms with Crippen molar-refractivity contribution in [3.8, 4) is 0 Å². The Labute approximate surface area is 42.7 Å². The summed E-state index contributed by atoms with van der Waals surface area (Å²) in [6, 6.07) is 0. The van der Waals surface area contributed by atoms with E-state index in [1.807, 2.05) is 6.08 Å². The van der Waals surface area contributed by atoms with Crippen molar-refractivity contribution in [2.45, 2.75) is 13.8 Å². The normalized spacial score (nSPS) is 15.6. The second-order valence-electron chi connectivity index (χ2n) is 1.90. The van der Waals surface area contributed by atoms with Crippen LogP contribution in [-0.4, -0.2) is 0 Å². The monoisotopic (exact) mass is 100 g/mol. The molecule has 1 aliphatic heterocycles. The van der Waals surface area contributed by atoms with Crippen LogP contribution in [0.25, 0.3) is 0 Å². The molecule has 0 atom stereocenters. The van der Waals surface area contributed by atoms with Crippen molar-refractivity contribution in [3.05, 3.63) is 12.0 Å². The van der Waals surface area contributed by atoms with Crippen LogP contribution in [0.4, 0.5) is 0 Å². The Morgan fingerprint density at radius 2 is 2.00 bits per heavy atom. The molecule has 1 heterocycles. The SMILES string of the molecule is CC(C)C=C1OO1. The van der Waals surface area contributed by atoms with Gasteiger partial charge in [0.1, 0.15) is 0 Å². The molecular formula is C5H8O2. The van der Waals surface area contributed by atoms with Gasteiger partial charge in [-0.1, -0.05) is 13.8 Å². The first-order valence-corrected chi connectivity index (χ1v) is 2.35. The molecule has 0 amide bonds. The number of hydrogen-bond acceptors (Lipinski definition) is 2. The minimum absolute atomic E-state index is 0.525. The number of allylic oxidation sites excluding steroid dienone is 1. The summed E-state index contributed by atoms with van der Waals surface area (Å²) in [7, 11) is 0. The molecule has 0 unspecified atom stereocenters. The minimum atomic E-state index is 0.525. The van der Waals surface area contributed by atoms with E-state index in [4.69, 9.17) is 0 Å². The molecule has 0 aromatic heterocycles. The second kappa shape index (κ2) is 1.45. The third-order valence-electron chi connectivity index (χ3n) is 0.649. The Morgan fingerprint density at radius 1 is 1.43 bits per heavy atom. The largest absolute Gasteiger partial charge is 0.375 e. The summed E-state index contributed by atoms with van der Waals surface area (Å²) in [6.45, 7) is 4.14. The van der Waals surface area contributed by atoms with Crippen LogP contribution in [0, 0.1) is 5.92 Å². The first-order chi connectivity index (χ1) is 3.29. The molecule has 0 aromatic rings. The molecule has 0 spiro atoms. The summed E-state index contributed by atoms with van der Waals surface area (Å²) >= 11 is 0. The highest BCUT2D eigenvalue weighted by Gasteiger charge is 2.16.